The topological polar surface area (TPSA) is 67.2 Å². The third-order valence-electron chi connectivity index (χ3n) is 3.87. The van der Waals surface area contributed by atoms with E-state index in [1.165, 1.54) is 16.7 Å². The van der Waals surface area contributed by atoms with Crippen molar-refractivity contribution in [3.63, 3.8) is 0 Å². The number of piperidine rings is 1. The van der Waals surface area contributed by atoms with E-state index in [9.17, 15) is 4.79 Å². The third kappa shape index (κ3) is 2.13. The van der Waals surface area contributed by atoms with Crippen LogP contribution in [0.25, 0.3) is 0 Å². The number of carbonyl (C=O) groups is 1. The summed E-state index contributed by atoms with van der Waals surface area (Å²) in [5, 5.41) is 6.45. The molecule has 0 spiro atoms. The van der Waals surface area contributed by atoms with E-state index >= 15 is 0 Å². The number of rotatable bonds is 1. The number of fused-ring (bicyclic) bond motifs is 1. The maximum absolute atomic E-state index is 11.6. The van der Waals surface area contributed by atoms with Gasteiger partial charge in [-0.25, -0.2) is 0 Å². The van der Waals surface area contributed by atoms with Crippen LogP contribution in [0.2, 0.25) is 0 Å². The van der Waals surface area contributed by atoms with Crippen LogP contribution < -0.4 is 16.4 Å². The SMILES string of the molecule is NC1CC(=O)NC(c2cccc3c2CCNC3)C1. The third-order valence-corrected chi connectivity index (χ3v) is 3.87. The lowest BCUT2D eigenvalue weighted by Gasteiger charge is -2.31. The Morgan fingerprint density at radius 1 is 1.33 bits per heavy atom. The number of hydrogen-bond acceptors (Lipinski definition) is 3. The van der Waals surface area contributed by atoms with Crippen LogP contribution in [0.1, 0.15) is 35.6 Å². The summed E-state index contributed by atoms with van der Waals surface area (Å²) in [6.45, 7) is 1.94. The van der Waals surface area contributed by atoms with Crippen molar-refractivity contribution >= 4 is 5.91 Å². The van der Waals surface area contributed by atoms with E-state index in [4.69, 9.17) is 5.73 Å². The summed E-state index contributed by atoms with van der Waals surface area (Å²) in [6, 6.07) is 6.45. The van der Waals surface area contributed by atoms with E-state index < -0.39 is 0 Å². The van der Waals surface area contributed by atoms with Crippen molar-refractivity contribution in [3.8, 4) is 0 Å². The van der Waals surface area contributed by atoms with Crippen molar-refractivity contribution in [2.75, 3.05) is 6.54 Å². The standard InChI is InChI=1S/C14H19N3O/c15-10-6-13(17-14(18)7-10)12-3-1-2-9-8-16-5-4-11(9)12/h1-3,10,13,16H,4-8,15H2,(H,17,18). The molecule has 1 amide bonds. The van der Waals surface area contributed by atoms with Gasteiger partial charge in [0, 0.05) is 19.0 Å². The van der Waals surface area contributed by atoms with Crippen molar-refractivity contribution < 1.29 is 4.79 Å². The lowest BCUT2D eigenvalue weighted by atomic mass is 9.87. The van der Waals surface area contributed by atoms with E-state index in [0.717, 1.165) is 25.9 Å². The van der Waals surface area contributed by atoms with E-state index in [0.29, 0.717) is 6.42 Å². The Morgan fingerprint density at radius 2 is 2.22 bits per heavy atom. The quantitative estimate of drug-likeness (QED) is 0.679. The maximum atomic E-state index is 11.6. The summed E-state index contributed by atoms with van der Waals surface area (Å²) < 4.78 is 0. The molecule has 4 heteroatoms. The van der Waals surface area contributed by atoms with E-state index in [-0.39, 0.29) is 18.0 Å². The van der Waals surface area contributed by atoms with E-state index in [1.54, 1.807) is 0 Å². The van der Waals surface area contributed by atoms with Crippen LogP contribution in [-0.4, -0.2) is 18.5 Å². The summed E-state index contributed by atoms with van der Waals surface area (Å²) in [6.07, 6.45) is 2.33. The molecule has 0 aromatic heterocycles. The predicted molar refractivity (Wildman–Crippen MR) is 69.9 cm³/mol. The smallest absolute Gasteiger partial charge is 0.222 e. The first-order valence-electron chi connectivity index (χ1n) is 6.60. The molecule has 2 aliphatic heterocycles. The molecule has 4 nitrogen and oxygen atoms in total. The Bertz CT molecular complexity index is 472. The Labute approximate surface area is 107 Å². The second-order valence-corrected chi connectivity index (χ2v) is 5.23. The molecule has 18 heavy (non-hydrogen) atoms. The molecular formula is C14H19N3O. The monoisotopic (exact) mass is 245 g/mol. The minimum atomic E-state index is -0.0127. The van der Waals surface area contributed by atoms with Crippen LogP contribution in [0.15, 0.2) is 18.2 Å². The molecule has 2 atom stereocenters. The fourth-order valence-electron chi connectivity index (χ4n) is 3.03. The number of nitrogens with one attached hydrogen (secondary N) is 2. The number of benzene rings is 1. The molecule has 0 bridgehead atoms. The van der Waals surface area contributed by atoms with Gasteiger partial charge in [0.1, 0.15) is 0 Å². The molecule has 0 saturated carbocycles. The average molecular weight is 245 g/mol. The molecule has 1 fully saturated rings. The Morgan fingerprint density at radius 3 is 3.06 bits per heavy atom. The number of carbonyl (C=O) groups excluding carboxylic acids is 1. The molecule has 1 saturated heterocycles. The zero-order chi connectivity index (χ0) is 12.5. The van der Waals surface area contributed by atoms with Crippen molar-refractivity contribution in [2.24, 2.45) is 5.73 Å². The summed E-state index contributed by atoms with van der Waals surface area (Å²) in [5.74, 6) is 0.0743. The Hall–Kier alpha value is -1.39. The molecule has 2 heterocycles. The Balaban J connectivity index is 1.94. The van der Waals surface area contributed by atoms with Gasteiger partial charge in [-0.1, -0.05) is 18.2 Å². The highest BCUT2D eigenvalue weighted by molar-refractivity contribution is 5.78. The van der Waals surface area contributed by atoms with Crippen LogP contribution >= 0.6 is 0 Å². The number of nitrogens with two attached hydrogens (primary N) is 1. The van der Waals surface area contributed by atoms with Crippen molar-refractivity contribution in [3.05, 3.63) is 34.9 Å². The minimum absolute atomic E-state index is 0.0127. The molecule has 2 aliphatic rings. The normalized spacial score (nSPS) is 27.5. The maximum Gasteiger partial charge on any atom is 0.222 e. The average Bonchev–Trinajstić information content (AvgIpc) is 2.37. The van der Waals surface area contributed by atoms with E-state index in [2.05, 4.69) is 28.8 Å². The predicted octanol–water partition coefficient (Wildman–Crippen LogP) is 0.611. The molecule has 3 rings (SSSR count). The number of hydrogen-bond donors (Lipinski definition) is 3. The van der Waals surface area contributed by atoms with Gasteiger partial charge in [-0.2, -0.15) is 0 Å². The minimum Gasteiger partial charge on any atom is -0.349 e. The highest BCUT2D eigenvalue weighted by Crippen LogP contribution is 2.29. The van der Waals surface area contributed by atoms with Gasteiger partial charge in [0.2, 0.25) is 5.91 Å². The molecule has 2 unspecified atom stereocenters. The van der Waals surface area contributed by atoms with Gasteiger partial charge in [0.25, 0.3) is 0 Å². The second kappa shape index (κ2) is 4.71. The molecule has 1 aromatic rings. The molecule has 0 aliphatic carbocycles. The van der Waals surface area contributed by atoms with Gasteiger partial charge in [-0.05, 0) is 36.1 Å². The summed E-state index contributed by atoms with van der Waals surface area (Å²) in [5.41, 5.74) is 9.97. The van der Waals surface area contributed by atoms with Crippen LogP contribution in [0.3, 0.4) is 0 Å². The summed E-state index contributed by atoms with van der Waals surface area (Å²) in [7, 11) is 0. The Kier molecular flexibility index (Phi) is 3.06. The molecule has 1 aromatic carbocycles. The van der Waals surface area contributed by atoms with Crippen molar-refractivity contribution in [2.45, 2.75) is 37.9 Å². The van der Waals surface area contributed by atoms with Crippen molar-refractivity contribution in [1.29, 1.82) is 0 Å². The van der Waals surface area contributed by atoms with E-state index in [1.807, 2.05) is 0 Å². The summed E-state index contributed by atoms with van der Waals surface area (Å²) >= 11 is 0. The fraction of sp³-hybridized carbons (Fsp3) is 0.500. The lowest BCUT2D eigenvalue weighted by Crippen LogP contribution is -2.43. The zero-order valence-corrected chi connectivity index (χ0v) is 10.4. The van der Waals surface area contributed by atoms with Gasteiger partial charge in [0.05, 0.1) is 6.04 Å². The van der Waals surface area contributed by atoms with Gasteiger partial charge in [-0.15, -0.1) is 0 Å². The zero-order valence-electron chi connectivity index (χ0n) is 10.4. The van der Waals surface area contributed by atoms with Gasteiger partial charge < -0.3 is 16.4 Å². The highest BCUT2D eigenvalue weighted by atomic mass is 16.1. The lowest BCUT2D eigenvalue weighted by molar-refractivity contribution is -0.123. The number of amides is 1. The fourth-order valence-corrected chi connectivity index (χ4v) is 3.03. The summed E-state index contributed by atoms with van der Waals surface area (Å²) in [4.78, 5) is 11.6. The first kappa shape index (κ1) is 11.7. The molecular weight excluding hydrogens is 226 g/mol. The first-order valence-corrected chi connectivity index (χ1v) is 6.60. The van der Waals surface area contributed by atoms with Crippen LogP contribution in [0.4, 0.5) is 0 Å². The molecule has 0 radical (unpaired) electrons. The second-order valence-electron chi connectivity index (χ2n) is 5.23. The van der Waals surface area contributed by atoms with Gasteiger partial charge in [0.15, 0.2) is 0 Å². The highest BCUT2D eigenvalue weighted by Gasteiger charge is 2.27. The van der Waals surface area contributed by atoms with Crippen LogP contribution in [0.5, 0.6) is 0 Å². The van der Waals surface area contributed by atoms with Crippen molar-refractivity contribution in [1.82, 2.24) is 10.6 Å². The van der Waals surface area contributed by atoms with Crippen LogP contribution in [-0.2, 0) is 17.8 Å². The van der Waals surface area contributed by atoms with Crippen LogP contribution in [0, 0.1) is 0 Å². The van der Waals surface area contributed by atoms with Gasteiger partial charge in [-0.3, -0.25) is 4.79 Å². The largest absolute Gasteiger partial charge is 0.349 e. The molecule has 96 valence electrons. The first-order chi connectivity index (χ1) is 8.74. The van der Waals surface area contributed by atoms with Gasteiger partial charge >= 0.3 is 0 Å². The molecule has 4 N–H and O–H groups in total.